The summed E-state index contributed by atoms with van der Waals surface area (Å²) < 4.78 is 5.30. The Hall–Kier alpha value is -1.21. The van der Waals surface area contributed by atoms with Gasteiger partial charge in [-0.3, -0.25) is 4.90 Å². The Bertz CT molecular complexity index is 341. The summed E-state index contributed by atoms with van der Waals surface area (Å²) in [5.74, 6) is 3.16. The van der Waals surface area contributed by atoms with Crippen molar-refractivity contribution in [3.63, 3.8) is 0 Å². The van der Waals surface area contributed by atoms with Gasteiger partial charge < -0.3 is 9.64 Å². The van der Waals surface area contributed by atoms with E-state index in [2.05, 4.69) is 10.8 Å². The minimum atomic E-state index is -0.409. The van der Waals surface area contributed by atoms with Gasteiger partial charge in [0.1, 0.15) is 5.60 Å². The minimum absolute atomic E-state index is 0.206. The van der Waals surface area contributed by atoms with Gasteiger partial charge in [0.25, 0.3) is 0 Å². The quantitative estimate of drug-likeness (QED) is 0.641. The van der Waals surface area contributed by atoms with Gasteiger partial charge in [-0.2, -0.15) is 0 Å². The van der Waals surface area contributed by atoms with Crippen LogP contribution in [-0.4, -0.2) is 53.7 Å². The lowest BCUT2D eigenvalue weighted by atomic mass is 9.95. The number of terminal acetylenes is 1. The number of carbonyl (C=O) groups is 1. The second-order valence-electron chi connectivity index (χ2n) is 5.86. The molecule has 4 nitrogen and oxygen atoms in total. The third-order valence-corrected chi connectivity index (χ3v) is 3.18. The normalized spacial score (nSPS) is 22.6. The van der Waals surface area contributed by atoms with Crippen molar-refractivity contribution < 1.29 is 9.53 Å². The van der Waals surface area contributed by atoms with E-state index in [1.165, 1.54) is 0 Å². The Morgan fingerprint density at radius 1 is 1.29 bits per heavy atom. The number of hydrogen-bond donors (Lipinski definition) is 0. The van der Waals surface area contributed by atoms with Crippen LogP contribution in [0.25, 0.3) is 0 Å². The molecule has 0 aliphatic carbocycles. The summed E-state index contributed by atoms with van der Waals surface area (Å²) in [6.07, 6.45) is 5.13. The van der Waals surface area contributed by atoms with Crippen LogP contribution in [0.3, 0.4) is 0 Å². The number of rotatable bonds is 1. The van der Waals surface area contributed by atoms with Crippen molar-refractivity contribution >= 4 is 6.09 Å². The highest BCUT2D eigenvalue weighted by atomic mass is 16.6. The van der Waals surface area contributed by atoms with E-state index in [0.29, 0.717) is 12.0 Å². The fraction of sp³-hybridized carbons (Fsp3) is 0.769. The Balaban J connectivity index is 1.69. The van der Waals surface area contributed by atoms with Crippen molar-refractivity contribution in [2.24, 2.45) is 5.92 Å². The maximum Gasteiger partial charge on any atom is 0.410 e. The molecule has 0 bridgehead atoms. The van der Waals surface area contributed by atoms with Crippen LogP contribution in [0.2, 0.25) is 0 Å². The monoisotopic (exact) mass is 236 g/mol. The Labute approximate surface area is 103 Å². The molecule has 2 rings (SSSR count). The molecule has 94 valence electrons. The number of hydrogen-bond acceptors (Lipinski definition) is 3. The van der Waals surface area contributed by atoms with E-state index in [1.54, 1.807) is 4.90 Å². The topological polar surface area (TPSA) is 32.8 Å². The van der Waals surface area contributed by atoms with Crippen molar-refractivity contribution in [3.05, 3.63) is 0 Å². The molecule has 2 saturated heterocycles. The third-order valence-electron chi connectivity index (χ3n) is 3.18. The van der Waals surface area contributed by atoms with Crippen LogP contribution in [0.5, 0.6) is 0 Å². The molecule has 2 heterocycles. The van der Waals surface area contributed by atoms with Gasteiger partial charge in [-0.05, 0) is 20.8 Å². The number of likely N-dealkylation sites (tertiary alicyclic amines) is 2. The summed E-state index contributed by atoms with van der Waals surface area (Å²) in [4.78, 5) is 15.8. The molecule has 4 heteroatoms. The lowest BCUT2D eigenvalue weighted by Crippen LogP contribution is -2.66. The van der Waals surface area contributed by atoms with Crippen LogP contribution >= 0.6 is 0 Å². The number of ether oxygens (including phenoxy) is 1. The fourth-order valence-corrected chi connectivity index (χ4v) is 2.08. The van der Waals surface area contributed by atoms with E-state index in [-0.39, 0.29) is 6.09 Å². The lowest BCUT2D eigenvalue weighted by Gasteiger charge is -2.50. The molecule has 0 saturated carbocycles. The number of nitrogens with zero attached hydrogens (tertiary/aromatic N) is 2. The predicted octanol–water partition coefficient (Wildman–Crippen LogP) is 1.17. The van der Waals surface area contributed by atoms with Crippen molar-refractivity contribution in [2.45, 2.75) is 32.4 Å². The van der Waals surface area contributed by atoms with Gasteiger partial charge in [0.05, 0.1) is 0 Å². The van der Waals surface area contributed by atoms with Gasteiger partial charge in [-0.25, -0.2) is 4.79 Å². The largest absolute Gasteiger partial charge is 0.444 e. The minimum Gasteiger partial charge on any atom is -0.444 e. The van der Waals surface area contributed by atoms with Crippen LogP contribution in [-0.2, 0) is 4.74 Å². The molecule has 0 unspecified atom stereocenters. The SMILES string of the molecule is C#CC1CN(C2CN(C(=O)OC(C)(C)C)C2)C1. The summed E-state index contributed by atoms with van der Waals surface area (Å²) in [7, 11) is 0. The fourth-order valence-electron chi connectivity index (χ4n) is 2.08. The van der Waals surface area contributed by atoms with E-state index >= 15 is 0 Å². The second kappa shape index (κ2) is 4.23. The van der Waals surface area contributed by atoms with Crippen LogP contribution in [0.1, 0.15) is 20.8 Å². The number of amides is 1. The van der Waals surface area contributed by atoms with Crippen LogP contribution in [0, 0.1) is 18.3 Å². The van der Waals surface area contributed by atoms with Crippen LogP contribution < -0.4 is 0 Å². The maximum absolute atomic E-state index is 11.7. The Morgan fingerprint density at radius 2 is 1.88 bits per heavy atom. The molecule has 0 aromatic carbocycles. The van der Waals surface area contributed by atoms with E-state index < -0.39 is 5.60 Å². The zero-order valence-corrected chi connectivity index (χ0v) is 10.8. The van der Waals surface area contributed by atoms with E-state index in [4.69, 9.17) is 11.2 Å². The van der Waals surface area contributed by atoms with E-state index in [9.17, 15) is 4.79 Å². The molecular formula is C13H20N2O2. The zero-order valence-electron chi connectivity index (χ0n) is 10.8. The van der Waals surface area contributed by atoms with Gasteiger partial charge in [-0.1, -0.05) is 0 Å². The highest BCUT2D eigenvalue weighted by molar-refractivity contribution is 5.69. The average molecular weight is 236 g/mol. The molecule has 17 heavy (non-hydrogen) atoms. The summed E-state index contributed by atoms with van der Waals surface area (Å²) in [6, 6.07) is 0.479. The maximum atomic E-state index is 11.7. The molecule has 0 spiro atoms. The predicted molar refractivity (Wildman–Crippen MR) is 65.5 cm³/mol. The van der Waals surface area contributed by atoms with E-state index in [1.807, 2.05) is 20.8 Å². The average Bonchev–Trinajstić information content (AvgIpc) is 2.02. The first-order valence-corrected chi connectivity index (χ1v) is 6.07. The molecule has 0 radical (unpaired) electrons. The first-order valence-electron chi connectivity index (χ1n) is 6.07. The first-order chi connectivity index (χ1) is 7.89. The van der Waals surface area contributed by atoms with Crippen LogP contribution in [0.15, 0.2) is 0 Å². The van der Waals surface area contributed by atoms with Crippen LogP contribution in [0.4, 0.5) is 4.79 Å². The smallest absolute Gasteiger partial charge is 0.410 e. The molecule has 2 aliphatic heterocycles. The second-order valence-corrected chi connectivity index (χ2v) is 5.86. The summed E-state index contributed by atoms with van der Waals surface area (Å²) >= 11 is 0. The van der Waals surface area contributed by atoms with E-state index in [0.717, 1.165) is 26.2 Å². The van der Waals surface area contributed by atoms with Crippen molar-refractivity contribution in [1.82, 2.24) is 9.80 Å². The van der Waals surface area contributed by atoms with Crippen molar-refractivity contribution in [2.75, 3.05) is 26.2 Å². The van der Waals surface area contributed by atoms with Crippen molar-refractivity contribution in [1.29, 1.82) is 0 Å². The number of carbonyl (C=O) groups excluding carboxylic acids is 1. The summed E-state index contributed by atoms with van der Waals surface area (Å²) in [5.41, 5.74) is -0.409. The lowest BCUT2D eigenvalue weighted by molar-refractivity contribution is -0.0366. The van der Waals surface area contributed by atoms with Gasteiger partial charge in [0, 0.05) is 38.1 Å². The van der Waals surface area contributed by atoms with Gasteiger partial charge in [-0.15, -0.1) is 12.3 Å². The Morgan fingerprint density at radius 3 is 2.35 bits per heavy atom. The van der Waals surface area contributed by atoms with Gasteiger partial charge in [0.2, 0.25) is 0 Å². The molecule has 2 fully saturated rings. The summed E-state index contributed by atoms with van der Waals surface area (Å²) in [5, 5.41) is 0. The third kappa shape index (κ3) is 2.73. The van der Waals surface area contributed by atoms with Gasteiger partial charge >= 0.3 is 6.09 Å². The molecule has 0 aromatic heterocycles. The molecule has 0 aromatic rings. The van der Waals surface area contributed by atoms with Crippen molar-refractivity contribution in [3.8, 4) is 12.3 Å². The molecule has 2 aliphatic rings. The molecule has 1 amide bonds. The van der Waals surface area contributed by atoms with Gasteiger partial charge in [0.15, 0.2) is 0 Å². The summed E-state index contributed by atoms with van der Waals surface area (Å²) in [6.45, 7) is 9.14. The molecular weight excluding hydrogens is 216 g/mol. The zero-order chi connectivity index (χ0) is 12.6. The first kappa shape index (κ1) is 12.3. The Kier molecular flexibility index (Phi) is 3.05. The highest BCUT2D eigenvalue weighted by Crippen LogP contribution is 2.25. The molecule has 0 N–H and O–H groups in total. The highest BCUT2D eigenvalue weighted by Gasteiger charge is 2.41. The molecule has 0 atom stereocenters. The standard InChI is InChI=1S/C13H20N2O2/c1-5-10-6-14(7-10)11-8-15(9-11)12(16)17-13(2,3)4/h1,10-11H,6-9H2,2-4H3.